The van der Waals surface area contributed by atoms with Crippen molar-refractivity contribution in [3.63, 3.8) is 0 Å². The number of likely N-dealkylation sites (N-methyl/N-ethyl adjacent to an activating group) is 1. The predicted molar refractivity (Wildman–Crippen MR) is 115 cm³/mol. The van der Waals surface area contributed by atoms with Gasteiger partial charge >= 0.3 is 0 Å². The Bertz CT molecular complexity index is 991. The highest BCUT2D eigenvalue weighted by atomic mass is 35.5. The van der Waals surface area contributed by atoms with Gasteiger partial charge in [0, 0.05) is 22.7 Å². The molecule has 0 aliphatic rings. The first kappa shape index (κ1) is 22.9. The molecule has 0 unspecified atom stereocenters. The standard InChI is InChI=1S/C20H24ClN3O4S/c1-4-24(13-20(26)23-18-11-15(21)6-5-14(18)2)12-19(25)22-16-7-9-17(10-8-16)29(3,27)28/h5-11H,4,12-13H2,1-3H3,(H,22,25)(H,23,26). The third-order valence-corrected chi connectivity index (χ3v) is 5.59. The second-order valence-corrected chi connectivity index (χ2v) is 9.11. The number of nitrogens with zero attached hydrogens (tertiary/aromatic N) is 1. The molecule has 0 aliphatic carbocycles. The van der Waals surface area contributed by atoms with Gasteiger partial charge in [0.25, 0.3) is 0 Å². The van der Waals surface area contributed by atoms with E-state index >= 15 is 0 Å². The van der Waals surface area contributed by atoms with Crippen molar-refractivity contribution < 1.29 is 18.0 Å². The monoisotopic (exact) mass is 437 g/mol. The van der Waals surface area contributed by atoms with Crippen LogP contribution in [0, 0.1) is 6.92 Å². The first-order chi connectivity index (χ1) is 13.6. The number of hydrogen-bond acceptors (Lipinski definition) is 5. The SMILES string of the molecule is CCN(CC(=O)Nc1ccc(S(C)(=O)=O)cc1)CC(=O)Nc1cc(Cl)ccc1C. The van der Waals surface area contributed by atoms with Crippen LogP contribution in [0.1, 0.15) is 12.5 Å². The normalized spacial score (nSPS) is 11.3. The molecule has 0 radical (unpaired) electrons. The molecule has 0 heterocycles. The van der Waals surface area contributed by atoms with Gasteiger partial charge in [-0.2, -0.15) is 0 Å². The van der Waals surface area contributed by atoms with E-state index in [0.717, 1.165) is 11.8 Å². The first-order valence-electron chi connectivity index (χ1n) is 8.97. The number of amides is 2. The Morgan fingerprint density at radius 3 is 2.14 bits per heavy atom. The molecule has 2 rings (SSSR count). The number of rotatable bonds is 8. The summed E-state index contributed by atoms with van der Waals surface area (Å²) in [5, 5.41) is 6.03. The van der Waals surface area contributed by atoms with Crippen molar-refractivity contribution >= 4 is 44.6 Å². The number of nitrogens with one attached hydrogen (secondary N) is 2. The maximum Gasteiger partial charge on any atom is 0.238 e. The van der Waals surface area contributed by atoms with Gasteiger partial charge in [-0.05, 0) is 55.4 Å². The third kappa shape index (κ3) is 7.16. The molecule has 2 N–H and O–H groups in total. The molecular weight excluding hydrogens is 414 g/mol. The molecule has 29 heavy (non-hydrogen) atoms. The lowest BCUT2D eigenvalue weighted by Crippen LogP contribution is -2.38. The van der Waals surface area contributed by atoms with Crippen LogP contribution in [-0.4, -0.2) is 51.0 Å². The zero-order valence-corrected chi connectivity index (χ0v) is 18.1. The van der Waals surface area contributed by atoms with Crippen molar-refractivity contribution in [1.29, 1.82) is 0 Å². The van der Waals surface area contributed by atoms with Gasteiger partial charge in [-0.25, -0.2) is 8.42 Å². The zero-order chi connectivity index (χ0) is 21.6. The highest BCUT2D eigenvalue weighted by Crippen LogP contribution is 2.20. The van der Waals surface area contributed by atoms with E-state index in [4.69, 9.17) is 11.6 Å². The minimum absolute atomic E-state index is 0.0201. The summed E-state index contributed by atoms with van der Waals surface area (Å²) in [6, 6.07) is 11.2. The molecule has 2 amide bonds. The maximum atomic E-state index is 12.3. The van der Waals surface area contributed by atoms with Gasteiger partial charge in [0.2, 0.25) is 11.8 Å². The maximum absolute atomic E-state index is 12.3. The summed E-state index contributed by atoms with van der Waals surface area (Å²) in [5.74, 6) is -0.548. The molecule has 2 aromatic rings. The average Bonchev–Trinajstić information content (AvgIpc) is 2.63. The highest BCUT2D eigenvalue weighted by Gasteiger charge is 2.15. The fourth-order valence-corrected chi connectivity index (χ4v) is 3.39. The number of carbonyl (C=O) groups excluding carboxylic acids is 2. The van der Waals surface area contributed by atoms with Crippen molar-refractivity contribution in [3.8, 4) is 0 Å². The quantitative estimate of drug-likeness (QED) is 0.662. The van der Waals surface area contributed by atoms with E-state index < -0.39 is 9.84 Å². The van der Waals surface area contributed by atoms with E-state index in [9.17, 15) is 18.0 Å². The molecule has 9 heteroatoms. The number of carbonyl (C=O) groups is 2. The van der Waals surface area contributed by atoms with Crippen LogP contribution in [0.4, 0.5) is 11.4 Å². The average molecular weight is 438 g/mol. The number of benzene rings is 2. The van der Waals surface area contributed by atoms with Crippen molar-refractivity contribution in [2.75, 3.05) is 36.5 Å². The van der Waals surface area contributed by atoms with Crippen molar-refractivity contribution in [2.24, 2.45) is 0 Å². The lowest BCUT2D eigenvalue weighted by atomic mass is 10.2. The smallest absolute Gasteiger partial charge is 0.238 e. The van der Waals surface area contributed by atoms with Gasteiger partial charge in [-0.15, -0.1) is 0 Å². The fraction of sp³-hybridized carbons (Fsp3) is 0.300. The lowest BCUT2D eigenvalue weighted by molar-refractivity contribution is -0.119. The molecule has 0 saturated heterocycles. The van der Waals surface area contributed by atoms with Crippen LogP contribution >= 0.6 is 11.6 Å². The van der Waals surface area contributed by atoms with E-state index in [1.807, 2.05) is 19.9 Å². The predicted octanol–water partition coefficient (Wildman–Crippen LogP) is 2.95. The fourth-order valence-electron chi connectivity index (χ4n) is 2.59. The minimum Gasteiger partial charge on any atom is -0.325 e. The Balaban J connectivity index is 1.92. The van der Waals surface area contributed by atoms with Gasteiger partial charge < -0.3 is 10.6 Å². The molecular formula is C20H24ClN3O4S. The summed E-state index contributed by atoms with van der Waals surface area (Å²) in [6.45, 7) is 4.29. The summed E-state index contributed by atoms with van der Waals surface area (Å²) >= 11 is 5.97. The van der Waals surface area contributed by atoms with Gasteiger partial charge in [0.15, 0.2) is 9.84 Å². The number of anilines is 2. The van der Waals surface area contributed by atoms with E-state index in [1.165, 1.54) is 24.3 Å². The number of halogens is 1. The highest BCUT2D eigenvalue weighted by molar-refractivity contribution is 7.90. The van der Waals surface area contributed by atoms with Gasteiger partial charge in [0.1, 0.15) is 0 Å². The van der Waals surface area contributed by atoms with E-state index in [1.54, 1.807) is 17.0 Å². The summed E-state index contributed by atoms with van der Waals surface area (Å²) in [6.07, 6.45) is 1.12. The van der Waals surface area contributed by atoms with Gasteiger partial charge in [0.05, 0.1) is 18.0 Å². The van der Waals surface area contributed by atoms with Crippen LogP contribution in [-0.2, 0) is 19.4 Å². The molecule has 0 aliphatic heterocycles. The Labute approximate surface area is 176 Å². The molecule has 0 bridgehead atoms. The Morgan fingerprint density at radius 1 is 1.00 bits per heavy atom. The van der Waals surface area contributed by atoms with Crippen LogP contribution < -0.4 is 10.6 Å². The molecule has 0 saturated carbocycles. The second kappa shape index (κ2) is 9.87. The number of hydrogen-bond donors (Lipinski definition) is 2. The number of sulfone groups is 1. The van der Waals surface area contributed by atoms with Crippen molar-refractivity contribution in [1.82, 2.24) is 4.90 Å². The second-order valence-electron chi connectivity index (χ2n) is 6.66. The lowest BCUT2D eigenvalue weighted by Gasteiger charge is -2.20. The summed E-state index contributed by atoms with van der Waals surface area (Å²) < 4.78 is 23.0. The topological polar surface area (TPSA) is 95.6 Å². The zero-order valence-electron chi connectivity index (χ0n) is 16.5. The summed E-state index contributed by atoms with van der Waals surface area (Å²) in [7, 11) is -3.29. The van der Waals surface area contributed by atoms with Crippen molar-refractivity contribution in [3.05, 3.63) is 53.1 Å². The molecule has 0 aromatic heterocycles. The molecule has 0 spiro atoms. The Morgan fingerprint density at radius 2 is 1.59 bits per heavy atom. The van der Waals surface area contributed by atoms with E-state index in [2.05, 4.69) is 10.6 Å². The minimum atomic E-state index is -3.29. The summed E-state index contributed by atoms with van der Waals surface area (Å²) in [5.41, 5.74) is 2.01. The van der Waals surface area contributed by atoms with E-state index in [0.29, 0.717) is 22.9 Å². The van der Waals surface area contributed by atoms with Crippen LogP contribution in [0.2, 0.25) is 5.02 Å². The van der Waals surface area contributed by atoms with Crippen LogP contribution in [0.25, 0.3) is 0 Å². The van der Waals surface area contributed by atoms with Gasteiger partial charge in [-0.3, -0.25) is 14.5 Å². The number of aryl methyl sites for hydroxylation is 1. The molecule has 7 nitrogen and oxygen atoms in total. The third-order valence-electron chi connectivity index (χ3n) is 4.22. The van der Waals surface area contributed by atoms with Crippen LogP contribution in [0.15, 0.2) is 47.4 Å². The summed E-state index contributed by atoms with van der Waals surface area (Å²) in [4.78, 5) is 26.5. The Kier molecular flexibility index (Phi) is 7.78. The van der Waals surface area contributed by atoms with Crippen LogP contribution in [0.5, 0.6) is 0 Å². The van der Waals surface area contributed by atoms with Crippen molar-refractivity contribution in [2.45, 2.75) is 18.7 Å². The largest absolute Gasteiger partial charge is 0.325 e. The Hall–Kier alpha value is -2.42. The molecule has 156 valence electrons. The molecule has 0 fully saturated rings. The first-order valence-corrected chi connectivity index (χ1v) is 11.2. The van der Waals surface area contributed by atoms with Gasteiger partial charge in [-0.1, -0.05) is 24.6 Å². The van der Waals surface area contributed by atoms with E-state index in [-0.39, 0.29) is 29.8 Å². The molecule has 2 aromatic carbocycles. The van der Waals surface area contributed by atoms with Crippen LogP contribution in [0.3, 0.4) is 0 Å². The molecule has 0 atom stereocenters.